The Bertz CT molecular complexity index is 766. The van der Waals surface area contributed by atoms with Crippen molar-refractivity contribution < 1.29 is 12.9 Å². The fourth-order valence-electron chi connectivity index (χ4n) is 4.38. The molecule has 0 bridgehead atoms. The molecule has 0 aromatic carbocycles. The molecule has 1 aromatic rings. The summed E-state index contributed by atoms with van der Waals surface area (Å²) in [5.41, 5.74) is 2.03. The molecule has 1 aromatic heterocycles. The Morgan fingerprint density at radius 1 is 1.29 bits per heavy atom. The molecule has 1 saturated carbocycles. The SMILES string of the molecule is CCNC(=NCCc1c(C)noc1C)N1CCS(=O)(=O)C2(CCCCC2)C1.I. The first-order valence-electron chi connectivity index (χ1n) is 10.1. The molecule has 0 radical (unpaired) electrons. The van der Waals surface area contributed by atoms with Gasteiger partial charge in [-0.3, -0.25) is 4.99 Å². The molecular formula is C19H33IN4O3S. The fraction of sp³-hybridized carbons (Fsp3) is 0.789. The first-order valence-corrected chi connectivity index (χ1v) is 11.7. The maximum atomic E-state index is 12.8. The average molecular weight is 524 g/mol. The van der Waals surface area contributed by atoms with Gasteiger partial charge in [0.05, 0.1) is 16.2 Å². The predicted octanol–water partition coefficient (Wildman–Crippen LogP) is 2.85. The van der Waals surface area contributed by atoms with E-state index in [0.29, 0.717) is 19.6 Å². The van der Waals surface area contributed by atoms with Gasteiger partial charge in [0.1, 0.15) is 5.76 Å². The highest BCUT2D eigenvalue weighted by atomic mass is 127. The van der Waals surface area contributed by atoms with Crippen LogP contribution in [0.5, 0.6) is 0 Å². The molecule has 0 atom stereocenters. The van der Waals surface area contributed by atoms with Crippen molar-refractivity contribution in [1.82, 2.24) is 15.4 Å². The van der Waals surface area contributed by atoms with Crippen molar-refractivity contribution in [1.29, 1.82) is 0 Å². The minimum Gasteiger partial charge on any atom is -0.361 e. The van der Waals surface area contributed by atoms with Crippen LogP contribution in [0.4, 0.5) is 0 Å². The van der Waals surface area contributed by atoms with Crippen molar-refractivity contribution in [2.45, 2.75) is 64.0 Å². The van der Waals surface area contributed by atoms with E-state index in [1.165, 1.54) is 0 Å². The quantitative estimate of drug-likeness (QED) is 0.371. The van der Waals surface area contributed by atoms with Crippen LogP contribution in [-0.4, -0.2) is 61.1 Å². The van der Waals surface area contributed by atoms with Crippen LogP contribution in [0.3, 0.4) is 0 Å². The number of nitrogens with one attached hydrogen (secondary N) is 1. The summed E-state index contributed by atoms with van der Waals surface area (Å²) < 4.78 is 30.3. The molecule has 28 heavy (non-hydrogen) atoms. The molecule has 0 unspecified atom stereocenters. The Balaban J connectivity index is 0.00000280. The van der Waals surface area contributed by atoms with Crippen LogP contribution >= 0.6 is 24.0 Å². The highest BCUT2D eigenvalue weighted by Crippen LogP contribution is 2.38. The number of guanidine groups is 1. The summed E-state index contributed by atoms with van der Waals surface area (Å²) in [6.45, 7) is 8.38. The van der Waals surface area contributed by atoms with E-state index < -0.39 is 14.6 Å². The molecule has 3 rings (SSSR count). The minimum atomic E-state index is -3.04. The number of nitrogens with zero attached hydrogens (tertiary/aromatic N) is 3. The molecule has 2 heterocycles. The zero-order valence-electron chi connectivity index (χ0n) is 17.2. The Kier molecular flexibility index (Phi) is 8.18. The molecule has 2 aliphatic rings. The predicted molar refractivity (Wildman–Crippen MR) is 122 cm³/mol. The van der Waals surface area contributed by atoms with Crippen molar-refractivity contribution in [2.75, 3.05) is 31.9 Å². The van der Waals surface area contributed by atoms with Gasteiger partial charge in [0.2, 0.25) is 0 Å². The number of hydrogen-bond acceptors (Lipinski definition) is 5. The van der Waals surface area contributed by atoms with Crippen LogP contribution in [0.2, 0.25) is 0 Å². The van der Waals surface area contributed by atoms with Gasteiger partial charge in [-0.15, -0.1) is 24.0 Å². The maximum Gasteiger partial charge on any atom is 0.194 e. The lowest BCUT2D eigenvalue weighted by atomic mass is 9.87. The van der Waals surface area contributed by atoms with Crippen LogP contribution in [0.15, 0.2) is 9.52 Å². The monoisotopic (exact) mass is 524 g/mol. The van der Waals surface area contributed by atoms with Crippen LogP contribution in [0.1, 0.15) is 56.0 Å². The molecule has 1 spiro atoms. The standard InChI is InChI=1S/C19H32N4O3S.HI/c1-4-20-18(21-11-8-17-15(2)22-26-16(17)3)23-12-13-27(24,25)19(14-23)9-6-5-7-10-19;/h4-14H2,1-3H3,(H,20,21);1H. The smallest absolute Gasteiger partial charge is 0.194 e. The first-order chi connectivity index (χ1) is 12.9. The van der Waals surface area contributed by atoms with Crippen molar-refractivity contribution in [3.8, 4) is 0 Å². The number of hydrogen-bond donors (Lipinski definition) is 1. The second-order valence-corrected chi connectivity index (χ2v) is 10.3. The maximum absolute atomic E-state index is 12.8. The minimum absolute atomic E-state index is 0. The molecule has 9 heteroatoms. The number of halogens is 1. The van der Waals surface area contributed by atoms with E-state index in [-0.39, 0.29) is 29.7 Å². The van der Waals surface area contributed by atoms with Crippen molar-refractivity contribution in [2.24, 2.45) is 4.99 Å². The van der Waals surface area contributed by atoms with E-state index in [1.54, 1.807) is 0 Å². The number of rotatable bonds is 4. The number of sulfone groups is 1. The Morgan fingerprint density at radius 3 is 2.61 bits per heavy atom. The molecule has 160 valence electrons. The zero-order chi connectivity index (χ0) is 19.5. The molecular weight excluding hydrogens is 491 g/mol. The lowest BCUT2D eigenvalue weighted by Gasteiger charge is -2.45. The highest BCUT2D eigenvalue weighted by molar-refractivity contribution is 14.0. The summed E-state index contributed by atoms with van der Waals surface area (Å²) in [7, 11) is -3.04. The van der Waals surface area contributed by atoms with E-state index in [4.69, 9.17) is 9.52 Å². The van der Waals surface area contributed by atoms with Gasteiger partial charge in [-0.05, 0) is 40.0 Å². The highest BCUT2D eigenvalue weighted by Gasteiger charge is 2.48. The van der Waals surface area contributed by atoms with Gasteiger partial charge >= 0.3 is 0 Å². The Labute approximate surface area is 185 Å². The summed E-state index contributed by atoms with van der Waals surface area (Å²) in [5.74, 6) is 1.89. The second-order valence-electron chi connectivity index (χ2n) is 7.77. The molecule has 7 nitrogen and oxygen atoms in total. The fourth-order valence-corrected chi connectivity index (χ4v) is 6.53. The Morgan fingerprint density at radius 2 is 2.00 bits per heavy atom. The third-order valence-corrected chi connectivity index (χ3v) is 8.55. The van der Waals surface area contributed by atoms with Crippen LogP contribution in [0.25, 0.3) is 0 Å². The number of aliphatic imine (C=N–C) groups is 1. The largest absolute Gasteiger partial charge is 0.361 e. The third-order valence-electron chi connectivity index (χ3n) is 5.97. The summed E-state index contributed by atoms with van der Waals surface area (Å²) >= 11 is 0. The average Bonchev–Trinajstić information content (AvgIpc) is 2.96. The van der Waals surface area contributed by atoms with Crippen LogP contribution in [-0.2, 0) is 16.3 Å². The van der Waals surface area contributed by atoms with E-state index >= 15 is 0 Å². The van der Waals surface area contributed by atoms with Gasteiger partial charge in [0.15, 0.2) is 15.8 Å². The molecule has 1 saturated heterocycles. The zero-order valence-corrected chi connectivity index (χ0v) is 20.3. The summed E-state index contributed by atoms with van der Waals surface area (Å²) in [6.07, 6.45) is 5.49. The van der Waals surface area contributed by atoms with Crippen molar-refractivity contribution in [3.05, 3.63) is 17.0 Å². The van der Waals surface area contributed by atoms with Crippen LogP contribution < -0.4 is 5.32 Å². The van der Waals surface area contributed by atoms with Gasteiger partial charge < -0.3 is 14.7 Å². The normalized spacial score (nSPS) is 21.4. The van der Waals surface area contributed by atoms with Gasteiger partial charge in [0, 0.05) is 31.7 Å². The van der Waals surface area contributed by atoms with E-state index in [2.05, 4.69) is 15.4 Å². The van der Waals surface area contributed by atoms with Gasteiger partial charge in [-0.1, -0.05) is 24.4 Å². The van der Waals surface area contributed by atoms with Gasteiger partial charge in [-0.2, -0.15) is 0 Å². The lowest BCUT2D eigenvalue weighted by molar-refractivity contribution is 0.274. The summed E-state index contributed by atoms with van der Waals surface area (Å²) in [4.78, 5) is 6.94. The van der Waals surface area contributed by atoms with Gasteiger partial charge in [0.25, 0.3) is 0 Å². The topological polar surface area (TPSA) is 87.8 Å². The van der Waals surface area contributed by atoms with E-state index in [0.717, 1.165) is 68.0 Å². The van der Waals surface area contributed by atoms with Crippen molar-refractivity contribution >= 4 is 39.8 Å². The van der Waals surface area contributed by atoms with Crippen molar-refractivity contribution in [3.63, 3.8) is 0 Å². The van der Waals surface area contributed by atoms with Gasteiger partial charge in [-0.25, -0.2) is 8.42 Å². The third kappa shape index (κ3) is 4.83. The molecule has 1 N–H and O–H groups in total. The molecule has 0 amide bonds. The number of aryl methyl sites for hydroxylation is 2. The van der Waals surface area contributed by atoms with E-state index in [1.807, 2.05) is 20.8 Å². The second kappa shape index (κ2) is 9.77. The van der Waals surface area contributed by atoms with Crippen LogP contribution in [0, 0.1) is 13.8 Å². The summed E-state index contributed by atoms with van der Waals surface area (Å²) in [5, 5.41) is 7.35. The van der Waals surface area contributed by atoms with E-state index in [9.17, 15) is 8.42 Å². The lowest BCUT2D eigenvalue weighted by Crippen LogP contribution is -2.60. The molecule has 2 fully saturated rings. The number of aromatic nitrogens is 1. The summed E-state index contributed by atoms with van der Waals surface area (Å²) in [6, 6.07) is 0. The molecule has 1 aliphatic heterocycles. The Hall–Kier alpha value is -0.840. The first kappa shape index (κ1) is 23.4. The molecule has 1 aliphatic carbocycles.